The number of ether oxygens (including phenoxy) is 1. The molecule has 7 heteroatoms. The molecule has 1 fully saturated rings. The Labute approximate surface area is 146 Å². The lowest BCUT2D eigenvalue weighted by atomic mass is 10.1. The Kier molecular flexibility index (Phi) is 5.28. The highest BCUT2D eigenvalue weighted by atomic mass is 79.9. The molecule has 0 amide bonds. The van der Waals surface area contributed by atoms with Gasteiger partial charge in [-0.2, -0.15) is 0 Å². The van der Waals surface area contributed by atoms with Crippen molar-refractivity contribution in [2.24, 2.45) is 0 Å². The zero-order valence-corrected chi connectivity index (χ0v) is 15.1. The Morgan fingerprint density at radius 2 is 1.82 bits per heavy atom. The molecule has 1 saturated heterocycles. The summed E-state index contributed by atoms with van der Waals surface area (Å²) in [5, 5.41) is 3.27. The van der Waals surface area contributed by atoms with E-state index in [0.29, 0.717) is 12.5 Å². The molecule has 0 radical (unpaired) electrons. The van der Waals surface area contributed by atoms with Gasteiger partial charge in [-0.15, -0.1) is 0 Å². The fraction of sp³-hybridized carbons (Fsp3) is 0.333. The van der Waals surface area contributed by atoms with Gasteiger partial charge in [0, 0.05) is 42.2 Å². The number of halogens is 2. The van der Waals surface area contributed by atoms with Crippen molar-refractivity contribution in [1.82, 2.24) is 9.97 Å². The molecule has 0 unspecified atom stereocenters. The number of hydrogen-bond acceptors (Lipinski definition) is 5. The maximum atomic E-state index is 5.44. The van der Waals surface area contributed by atoms with E-state index in [-0.39, 0.29) is 0 Å². The summed E-state index contributed by atoms with van der Waals surface area (Å²) in [5.74, 6) is 0.624. The SMILES string of the molecule is Brc1cnc(NCc2ccc(Br)cc2N2CCOCC2)nc1. The van der Waals surface area contributed by atoms with Gasteiger partial charge in [0.1, 0.15) is 0 Å². The highest BCUT2D eigenvalue weighted by molar-refractivity contribution is 9.10. The van der Waals surface area contributed by atoms with Crippen molar-refractivity contribution in [3.63, 3.8) is 0 Å². The maximum absolute atomic E-state index is 5.44. The predicted molar refractivity (Wildman–Crippen MR) is 94.2 cm³/mol. The summed E-state index contributed by atoms with van der Waals surface area (Å²) < 4.78 is 7.39. The van der Waals surface area contributed by atoms with Crippen molar-refractivity contribution in [3.8, 4) is 0 Å². The summed E-state index contributed by atoms with van der Waals surface area (Å²) in [5.41, 5.74) is 2.44. The number of nitrogens with one attached hydrogen (secondary N) is 1. The van der Waals surface area contributed by atoms with Gasteiger partial charge in [0.05, 0.1) is 17.7 Å². The summed E-state index contributed by atoms with van der Waals surface area (Å²) >= 11 is 6.90. The van der Waals surface area contributed by atoms with Crippen LogP contribution in [-0.4, -0.2) is 36.3 Å². The zero-order chi connectivity index (χ0) is 15.4. The highest BCUT2D eigenvalue weighted by Gasteiger charge is 2.15. The van der Waals surface area contributed by atoms with E-state index in [1.165, 1.54) is 11.3 Å². The molecule has 5 nitrogen and oxygen atoms in total. The third-order valence-corrected chi connectivity index (χ3v) is 4.36. The van der Waals surface area contributed by atoms with E-state index in [2.05, 4.69) is 70.2 Å². The van der Waals surface area contributed by atoms with Crippen LogP contribution in [0.15, 0.2) is 39.5 Å². The fourth-order valence-corrected chi connectivity index (χ4v) is 2.92. The largest absolute Gasteiger partial charge is 0.378 e. The molecule has 0 aliphatic carbocycles. The second kappa shape index (κ2) is 7.39. The normalized spacial score (nSPS) is 14.9. The first-order valence-electron chi connectivity index (χ1n) is 7.05. The summed E-state index contributed by atoms with van der Waals surface area (Å²) in [7, 11) is 0. The van der Waals surface area contributed by atoms with E-state index < -0.39 is 0 Å². The van der Waals surface area contributed by atoms with Crippen LogP contribution in [0.5, 0.6) is 0 Å². The molecule has 1 N–H and O–H groups in total. The van der Waals surface area contributed by atoms with Gasteiger partial charge >= 0.3 is 0 Å². The predicted octanol–water partition coefficient (Wildman–Crippen LogP) is 3.45. The van der Waals surface area contributed by atoms with Crippen LogP contribution in [0.1, 0.15) is 5.56 Å². The molecule has 2 aromatic rings. The molecule has 0 saturated carbocycles. The molecule has 116 valence electrons. The molecule has 1 aromatic heterocycles. The molecule has 1 aliphatic heterocycles. The standard InChI is InChI=1S/C15H16Br2N4O/c16-12-2-1-11(8-18-15-19-9-13(17)10-20-15)14(7-12)21-3-5-22-6-4-21/h1-2,7,9-10H,3-6,8H2,(H,18,19,20). The van der Waals surface area contributed by atoms with E-state index in [1.54, 1.807) is 12.4 Å². The second-order valence-corrected chi connectivity index (χ2v) is 6.78. The lowest BCUT2D eigenvalue weighted by molar-refractivity contribution is 0.122. The Balaban J connectivity index is 1.76. The lowest BCUT2D eigenvalue weighted by Gasteiger charge is -2.31. The van der Waals surface area contributed by atoms with Crippen molar-refractivity contribution in [2.45, 2.75) is 6.54 Å². The van der Waals surface area contributed by atoms with Gasteiger partial charge in [-0.3, -0.25) is 0 Å². The van der Waals surface area contributed by atoms with Gasteiger partial charge in [0.2, 0.25) is 5.95 Å². The smallest absolute Gasteiger partial charge is 0.222 e. The third kappa shape index (κ3) is 3.97. The van der Waals surface area contributed by atoms with Gasteiger partial charge < -0.3 is 15.0 Å². The number of rotatable bonds is 4. The van der Waals surface area contributed by atoms with Crippen LogP contribution in [0.25, 0.3) is 0 Å². The number of morpholine rings is 1. The number of benzene rings is 1. The van der Waals surface area contributed by atoms with Crippen LogP contribution in [-0.2, 0) is 11.3 Å². The van der Waals surface area contributed by atoms with Gasteiger partial charge in [0.25, 0.3) is 0 Å². The number of hydrogen-bond donors (Lipinski definition) is 1. The van der Waals surface area contributed by atoms with Gasteiger partial charge in [0.15, 0.2) is 0 Å². The summed E-state index contributed by atoms with van der Waals surface area (Å²) in [6.45, 7) is 4.06. The van der Waals surface area contributed by atoms with Crippen molar-refractivity contribution in [2.75, 3.05) is 36.5 Å². The van der Waals surface area contributed by atoms with E-state index >= 15 is 0 Å². The minimum absolute atomic E-state index is 0.624. The second-order valence-electron chi connectivity index (χ2n) is 4.95. The summed E-state index contributed by atoms with van der Waals surface area (Å²) in [6.07, 6.45) is 3.47. The van der Waals surface area contributed by atoms with Gasteiger partial charge in [-0.25, -0.2) is 9.97 Å². The number of nitrogens with zero attached hydrogens (tertiary/aromatic N) is 3. The van der Waals surface area contributed by atoms with Crippen LogP contribution in [0.4, 0.5) is 11.6 Å². The first-order chi connectivity index (χ1) is 10.7. The van der Waals surface area contributed by atoms with Crippen LogP contribution in [0, 0.1) is 0 Å². The molecule has 2 heterocycles. The minimum Gasteiger partial charge on any atom is -0.378 e. The first-order valence-corrected chi connectivity index (χ1v) is 8.63. The summed E-state index contributed by atoms with van der Waals surface area (Å²) in [4.78, 5) is 10.8. The first kappa shape index (κ1) is 15.7. The van der Waals surface area contributed by atoms with E-state index in [9.17, 15) is 0 Å². The Hall–Kier alpha value is -1.18. The minimum atomic E-state index is 0.624. The van der Waals surface area contributed by atoms with Crippen molar-refractivity contribution in [1.29, 1.82) is 0 Å². The van der Waals surface area contributed by atoms with Crippen molar-refractivity contribution < 1.29 is 4.74 Å². The van der Waals surface area contributed by atoms with Crippen LogP contribution < -0.4 is 10.2 Å². The molecular weight excluding hydrogens is 412 g/mol. The van der Waals surface area contributed by atoms with Crippen LogP contribution in [0.3, 0.4) is 0 Å². The van der Waals surface area contributed by atoms with Crippen molar-refractivity contribution in [3.05, 3.63) is 45.1 Å². The van der Waals surface area contributed by atoms with Gasteiger partial charge in [-0.05, 0) is 33.6 Å². The average Bonchev–Trinajstić information content (AvgIpc) is 2.56. The monoisotopic (exact) mass is 426 g/mol. The molecule has 0 atom stereocenters. The molecule has 1 aliphatic rings. The average molecular weight is 428 g/mol. The third-order valence-electron chi connectivity index (χ3n) is 3.46. The van der Waals surface area contributed by atoms with E-state index in [0.717, 1.165) is 35.2 Å². The topological polar surface area (TPSA) is 50.3 Å². The molecule has 3 rings (SSSR count). The Bertz CT molecular complexity index is 630. The molecule has 0 bridgehead atoms. The molecular formula is C15H16Br2N4O. The van der Waals surface area contributed by atoms with E-state index in [1.807, 2.05) is 0 Å². The van der Waals surface area contributed by atoms with E-state index in [4.69, 9.17) is 4.74 Å². The molecule has 0 spiro atoms. The Morgan fingerprint density at radius 3 is 2.55 bits per heavy atom. The summed E-state index contributed by atoms with van der Waals surface area (Å²) in [6, 6.07) is 6.34. The fourth-order valence-electron chi connectivity index (χ4n) is 2.36. The zero-order valence-electron chi connectivity index (χ0n) is 11.9. The quantitative estimate of drug-likeness (QED) is 0.809. The lowest BCUT2D eigenvalue weighted by Crippen LogP contribution is -2.36. The molecule has 1 aromatic carbocycles. The Morgan fingerprint density at radius 1 is 1.09 bits per heavy atom. The molecule has 22 heavy (non-hydrogen) atoms. The van der Waals surface area contributed by atoms with Crippen LogP contribution in [0.2, 0.25) is 0 Å². The maximum Gasteiger partial charge on any atom is 0.222 e. The highest BCUT2D eigenvalue weighted by Crippen LogP contribution is 2.26. The van der Waals surface area contributed by atoms with Gasteiger partial charge in [-0.1, -0.05) is 22.0 Å². The number of aromatic nitrogens is 2. The van der Waals surface area contributed by atoms with Crippen molar-refractivity contribution >= 4 is 43.5 Å². The van der Waals surface area contributed by atoms with Crippen LogP contribution >= 0.6 is 31.9 Å². The number of anilines is 2.